The van der Waals surface area contributed by atoms with E-state index < -0.39 is 0 Å². The first-order chi connectivity index (χ1) is 27.5. The van der Waals surface area contributed by atoms with Gasteiger partial charge in [0.05, 0.1) is 51.2 Å². The van der Waals surface area contributed by atoms with Crippen LogP contribution in [0.5, 0.6) is 23.0 Å². The molecule has 298 valence electrons. The molecule has 3 aromatic heterocycles. The van der Waals surface area contributed by atoms with Gasteiger partial charge in [-0.05, 0) is 117 Å². The Labute approximate surface area is 372 Å². The summed E-state index contributed by atoms with van der Waals surface area (Å²) in [5.41, 5.74) is 13.7. The van der Waals surface area contributed by atoms with Gasteiger partial charge in [-0.2, -0.15) is 0 Å². The van der Waals surface area contributed by atoms with Crippen molar-refractivity contribution in [3.63, 3.8) is 0 Å². The summed E-state index contributed by atoms with van der Waals surface area (Å²) in [7, 11) is 6.67. The molecule has 6 N–H and O–H groups in total. The van der Waals surface area contributed by atoms with E-state index in [0.29, 0.717) is 0 Å². The summed E-state index contributed by atoms with van der Waals surface area (Å²) in [4.78, 5) is 21.4. The van der Waals surface area contributed by atoms with Crippen molar-refractivity contribution in [1.82, 2.24) is 19.9 Å². The van der Waals surface area contributed by atoms with Crippen molar-refractivity contribution in [1.29, 1.82) is 0 Å². The molecule has 0 saturated carbocycles. The summed E-state index contributed by atoms with van der Waals surface area (Å²) < 4.78 is 22.1. The van der Waals surface area contributed by atoms with Crippen LogP contribution < -0.4 is 28.9 Å². The van der Waals surface area contributed by atoms with Crippen molar-refractivity contribution in [2.45, 2.75) is 0 Å². The van der Waals surface area contributed by atoms with Crippen LogP contribution in [0, 0.1) is 0 Å². The first-order valence-corrected chi connectivity index (χ1v) is 18.2. The Bertz CT molecular complexity index is 2450. The molecule has 5 heterocycles. The summed E-state index contributed by atoms with van der Waals surface area (Å²) in [6.45, 7) is 0. The first kappa shape index (κ1) is 44.8. The van der Waals surface area contributed by atoms with Crippen LogP contribution >= 0.6 is 0 Å². The molecule has 0 aliphatic carbocycles. The Morgan fingerprint density at radius 2 is 0.517 bits per heavy atom. The number of rotatable bonds is 8. The van der Waals surface area contributed by atoms with E-state index in [1.807, 2.05) is 97.1 Å². The van der Waals surface area contributed by atoms with Crippen LogP contribution in [0.3, 0.4) is 0 Å². The molecular formula is C48H42N4O7Y+. The largest absolute Gasteiger partial charge is 3.00 e. The van der Waals surface area contributed by atoms with Crippen molar-refractivity contribution in [3.05, 3.63) is 144 Å². The predicted molar refractivity (Wildman–Crippen MR) is 236 cm³/mol. The van der Waals surface area contributed by atoms with Crippen molar-refractivity contribution in [3.8, 4) is 67.5 Å². The Morgan fingerprint density at radius 3 is 0.700 bits per heavy atom. The molecule has 0 spiro atoms. The van der Waals surface area contributed by atoms with E-state index in [0.717, 1.165) is 112 Å². The van der Waals surface area contributed by atoms with E-state index >= 15 is 0 Å². The van der Waals surface area contributed by atoms with Crippen molar-refractivity contribution in [2.75, 3.05) is 28.4 Å². The normalized spacial score (nSPS) is 11.0. The fourth-order valence-electron chi connectivity index (χ4n) is 7.30. The molecule has 0 atom stereocenters. The second-order valence-corrected chi connectivity index (χ2v) is 13.3. The third-order valence-corrected chi connectivity index (χ3v) is 10.1. The molecule has 0 amide bonds. The van der Waals surface area contributed by atoms with Crippen LogP contribution in [0.25, 0.3) is 90.9 Å². The topological polar surface area (TPSA) is 185 Å². The van der Waals surface area contributed by atoms with Crippen LogP contribution in [0.1, 0.15) is 22.8 Å². The van der Waals surface area contributed by atoms with Crippen LogP contribution in [0.15, 0.2) is 121 Å². The summed E-state index contributed by atoms with van der Waals surface area (Å²) in [6, 6.07) is 40.3. The molecule has 9 rings (SSSR count). The van der Waals surface area contributed by atoms with E-state index in [1.165, 1.54) is 0 Å². The Balaban J connectivity index is 0.00000171. The van der Waals surface area contributed by atoms with Crippen molar-refractivity contribution in [2.24, 2.45) is 0 Å². The van der Waals surface area contributed by atoms with Gasteiger partial charge in [0.15, 0.2) is 0 Å². The molecule has 2 aliphatic rings. The van der Waals surface area contributed by atoms with Gasteiger partial charge in [-0.15, -0.1) is 22.1 Å². The van der Waals surface area contributed by atoms with Gasteiger partial charge in [0.2, 0.25) is 0 Å². The van der Waals surface area contributed by atoms with Gasteiger partial charge in [-0.3, -0.25) is 0 Å². The average molecular weight is 876 g/mol. The Kier molecular flexibility index (Phi) is 14.3. The Morgan fingerprint density at radius 1 is 0.317 bits per heavy atom. The van der Waals surface area contributed by atoms with Gasteiger partial charge in [-0.25, -0.2) is 9.97 Å². The summed E-state index contributed by atoms with van der Waals surface area (Å²) >= 11 is 0. The molecule has 60 heavy (non-hydrogen) atoms. The van der Waals surface area contributed by atoms with E-state index in [-0.39, 0.29) is 49.1 Å². The molecule has 7 aromatic rings. The van der Waals surface area contributed by atoms with E-state index in [4.69, 9.17) is 38.9 Å². The van der Waals surface area contributed by atoms with E-state index in [1.54, 1.807) is 28.4 Å². The minimum atomic E-state index is 0. The summed E-state index contributed by atoms with van der Waals surface area (Å²) in [6.07, 6.45) is 8.23. The van der Waals surface area contributed by atoms with Crippen molar-refractivity contribution < 1.29 is 68.1 Å². The van der Waals surface area contributed by atoms with Crippen LogP contribution in [-0.2, 0) is 32.7 Å². The first-order valence-electron chi connectivity index (χ1n) is 18.2. The zero-order valence-corrected chi connectivity index (χ0v) is 36.2. The molecule has 8 bridgehead atoms. The fraction of sp³-hybridized carbons (Fsp3) is 0.0833. The predicted octanol–water partition coefficient (Wildman–Crippen LogP) is 8.14. The number of methoxy groups -OCH3 is 4. The minimum Gasteiger partial charge on any atom is -0.657 e. The molecule has 2 aliphatic heterocycles. The van der Waals surface area contributed by atoms with Gasteiger partial charge in [0.1, 0.15) is 23.0 Å². The molecule has 0 radical (unpaired) electrons. The van der Waals surface area contributed by atoms with Gasteiger partial charge in [-0.1, -0.05) is 72.8 Å². The number of aromatic nitrogens is 4. The van der Waals surface area contributed by atoms with Gasteiger partial charge < -0.3 is 45.3 Å². The quantitative estimate of drug-likeness (QED) is 0.146. The fourth-order valence-corrected chi connectivity index (χ4v) is 7.30. The number of hydrogen-bond acceptors (Lipinski definition) is 6. The van der Waals surface area contributed by atoms with Crippen LogP contribution in [-0.4, -0.2) is 54.8 Å². The maximum Gasteiger partial charge on any atom is 3.00 e. The number of benzene rings is 4. The molecule has 12 heteroatoms. The molecule has 0 unspecified atom stereocenters. The summed E-state index contributed by atoms with van der Waals surface area (Å²) in [5, 5.41) is 0. The molecule has 0 saturated heterocycles. The van der Waals surface area contributed by atoms with Gasteiger partial charge in [0.25, 0.3) is 0 Å². The van der Waals surface area contributed by atoms with Gasteiger partial charge in [0, 0.05) is 0 Å². The number of fused-ring (bicyclic) bond motifs is 8. The zero-order chi connectivity index (χ0) is 38.2. The van der Waals surface area contributed by atoms with Crippen LogP contribution in [0.4, 0.5) is 0 Å². The number of nitrogens with zero attached hydrogens (tertiary/aromatic N) is 4. The smallest absolute Gasteiger partial charge is 0.657 e. The summed E-state index contributed by atoms with van der Waals surface area (Å²) in [5.74, 6) is 3.06. The van der Waals surface area contributed by atoms with E-state index in [9.17, 15) is 0 Å². The Hall–Kier alpha value is -6.34. The van der Waals surface area contributed by atoms with Gasteiger partial charge >= 0.3 is 32.7 Å². The molecule has 4 aromatic carbocycles. The SMILES string of the molecule is COc1ccc(-c2c3nc(c(-c4ccc(OC)cc4)c4ccc([n-]4)c(-c4ccc(OC)cc4)c4nc(c(-c5ccc(OC)cc5)c5ccc2[n-]5)C=C4)C=C3)cc1.O.O.O.[Y+3]. The molecule has 11 nitrogen and oxygen atoms in total. The monoisotopic (exact) mass is 875 g/mol. The third kappa shape index (κ3) is 8.40. The number of ether oxygens (including phenoxy) is 4. The second-order valence-electron chi connectivity index (χ2n) is 13.3. The molecular weight excluding hydrogens is 833 g/mol. The number of hydrogen-bond donors (Lipinski definition) is 0. The maximum atomic E-state index is 5.52. The minimum absolute atomic E-state index is 0. The standard InChI is InChI=1S/C48H36N4O4.3H2O.Y/c1-53-33-13-5-29(6-14-33)45-37-21-23-39(49-37)46(30-7-15-34(54-2)16-8-30)41-25-27-43(51-41)48(32-11-19-36(56-4)20-12-32)44-28-26-42(52-44)47(40-24-22-38(45)50-40)31-9-17-35(55-3)18-10-31;;;;/h5-28H,1-4H3;3*1H2;/q-2;;;;+3. The second kappa shape index (κ2) is 19.2. The third-order valence-electron chi connectivity index (χ3n) is 10.1. The van der Waals surface area contributed by atoms with Crippen LogP contribution in [0.2, 0.25) is 0 Å². The van der Waals surface area contributed by atoms with Crippen molar-refractivity contribution >= 4 is 46.4 Å². The average Bonchev–Trinajstić information content (AvgIpc) is 4.10. The molecule has 0 fully saturated rings. The maximum absolute atomic E-state index is 5.52. The van der Waals surface area contributed by atoms with E-state index in [2.05, 4.69) is 48.6 Å². The zero-order valence-electron chi connectivity index (χ0n) is 33.4.